The van der Waals surface area contributed by atoms with Crippen LogP contribution in [-0.4, -0.2) is 36.8 Å². The highest BCUT2D eigenvalue weighted by Crippen LogP contribution is 2.35. The summed E-state index contributed by atoms with van der Waals surface area (Å²) < 4.78 is 38.4. The Balaban J connectivity index is 2.16. The lowest BCUT2D eigenvalue weighted by atomic mass is 9.98. The fourth-order valence-electron chi connectivity index (χ4n) is 2.87. The second-order valence-corrected chi connectivity index (χ2v) is 5.94. The zero-order valence-electron chi connectivity index (χ0n) is 12.7. The van der Waals surface area contributed by atoms with Gasteiger partial charge >= 0.3 is 6.18 Å². The molecule has 0 aliphatic heterocycles. The molecule has 21 heavy (non-hydrogen) atoms. The van der Waals surface area contributed by atoms with E-state index in [1.165, 1.54) is 0 Å². The molecular weight excluding hydrogens is 277 g/mol. The van der Waals surface area contributed by atoms with E-state index in [1.807, 2.05) is 38.1 Å². The van der Waals surface area contributed by atoms with E-state index in [9.17, 15) is 13.2 Å². The first kappa shape index (κ1) is 16.3. The first-order chi connectivity index (χ1) is 9.81. The summed E-state index contributed by atoms with van der Waals surface area (Å²) in [5.74, 6) is 0. The van der Waals surface area contributed by atoms with Gasteiger partial charge in [-0.05, 0) is 39.3 Å². The van der Waals surface area contributed by atoms with Crippen LogP contribution in [0.25, 0.3) is 0 Å². The third kappa shape index (κ3) is 4.45. The third-order valence-electron chi connectivity index (χ3n) is 4.13. The van der Waals surface area contributed by atoms with Gasteiger partial charge < -0.3 is 5.32 Å². The Kier molecular flexibility index (Phi) is 4.94. The molecule has 1 fully saturated rings. The van der Waals surface area contributed by atoms with Crippen molar-refractivity contribution < 1.29 is 13.2 Å². The van der Waals surface area contributed by atoms with Crippen molar-refractivity contribution in [3.63, 3.8) is 0 Å². The van der Waals surface area contributed by atoms with Crippen LogP contribution in [0.15, 0.2) is 24.3 Å². The first-order valence-electron chi connectivity index (χ1n) is 7.38. The van der Waals surface area contributed by atoms with E-state index in [-0.39, 0.29) is 18.1 Å². The molecule has 0 amide bonds. The minimum absolute atomic E-state index is 0.0722. The van der Waals surface area contributed by atoms with Crippen molar-refractivity contribution in [3.05, 3.63) is 35.4 Å². The van der Waals surface area contributed by atoms with Gasteiger partial charge in [-0.1, -0.05) is 29.8 Å². The molecule has 1 aromatic carbocycles. The van der Waals surface area contributed by atoms with Crippen LogP contribution in [0.4, 0.5) is 13.2 Å². The van der Waals surface area contributed by atoms with Crippen molar-refractivity contribution in [1.82, 2.24) is 10.2 Å². The predicted octanol–water partition coefficient (Wildman–Crippen LogP) is 3.67. The molecule has 0 radical (unpaired) electrons. The molecule has 0 saturated heterocycles. The van der Waals surface area contributed by atoms with Crippen molar-refractivity contribution in [1.29, 1.82) is 0 Å². The molecule has 2 rings (SSSR count). The number of aryl methyl sites for hydroxylation is 1. The summed E-state index contributed by atoms with van der Waals surface area (Å²) >= 11 is 0. The monoisotopic (exact) mass is 300 g/mol. The molecule has 1 aliphatic rings. The quantitative estimate of drug-likeness (QED) is 0.862. The highest BCUT2D eigenvalue weighted by Gasteiger charge is 2.42. The van der Waals surface area contributed by atoms with Crippen molar-refractivity contribution in [2.75, 3.05) is 13.6 Å². The van der Waals surface area contributed by atoms with Crippen LogP contribution in [0.1, 0.15) is 36.9 Å². The van der Waals surface area contributed by atoms with Crippen LogP contribution in [-0.2, 0) is 0 Å². The Bertz CT molecular complexity index is 452. The van der Waals surface area contributed by atoms with E-state index < -0.39 is 12.7 Å². The lowest BCUT2D eigenvalue weighted by Gasteiger charge is -2.35. The number of alkyl halides is 3. The Morgan fingerprint density at radius 3 is 2.24 bits per heavy atom. The summed E-state index contributed by atoms with van der Waals surface area (Å²) in [7, 11) is 1.81. The zero-order chi connectivity index (χ0) is 15.6. The summed E-state index contributed by atoms with van der Waals surface area (Å²) in [5.41, 5.74) is 2.18. The molecule has 2 atom stereocenters. The molecule has 2 nitrogen and oxygen atoms in total. The van der Waals surface area contributed by atoms with Crippen molar-refractivity contribution in [2.45, 2.75) is 51.0 Å². The minimum Gasteiger partial charge on any atom is -0.312 e. The number of hydrogen-bond donors (Lipinski definition) is 1. The van der Waals surface area contributed by atoms with Crippen LogP contribution >= 0.6 is 0 Å². The average molecular weight is 300 g/mol. The first-order valence-corrected chi connectivity index (χ1v) is 7.38. The maximum Gasteiger partial charge on any atom is 0.401 e. The van der Waals surface area contributed by atoms with Gasteiger partial charge in [0.15, 0.2) is 0 Å². The second-order valence-electron chi connectivity index (χ2n) is 5.94. The van der Waals surface area contributed by atoms with Crippen LogP contribution in [0.5, 0.6) is 0 Å². The van der Waals surface area contributed by atoms with Crippen LogP contribution in [0.3, 0.4) is 0 Å². The van der Waals surface area contributed by atoms with E-state index in [1.54, 1.807) is 11.9 Å². The van der Waals surface area contributed by atoms with Gasteiger partial charge in [0.2, 0.25) is 0 Å². The van der Waals surface area contributed by atoms with Gasteiger partial charge in [-0.15, -0.1) is 0 Å². The summed E-state index contributed by atoms with van der Waals surface area (Å²) in [6, 6.07) is 7.75. The smallest absolute Gasteiger partial charge is 0.312 e. The van der Waals surface area contributed by atoms with Crippen LogP contribution < -0.4 is 5.32 Å². The highest BCUT2D eigenvalue weighted by atomic mass is 19.4. The number of hydrogen-bond acceptors (Lipinski definition) is 2. The number of likely N-dealkylation sites (N-methyl/N-ethyl adjacent to an activating group) is 1. The molecule has 0 spiro atoms. The number of nitrogens with one attached hydrogen (secondary N) is 1. The fraction of sp³-hybridized carbons (Fsp3) is 0.625. The van der Waals surface area contributed by atoms with Gasteiger partial charge in [-0.25, -0.2) is 0 Å². The highest BCUT2D eigenvalue weighted by molar-refractivity contribution is 5.25. The second kappa shape index (κ2) is 6.36. The number of nitrogens with zero attached hydrogens (tertiary/aromatic N) is 1. The topological polar surface area (TPSA) is 15.3 Å². The molecule has 118 valence electrons. The zero-order valence-corrected chi connectivity index (χ0v) is 12.7. The molecule has 1 aliphatic carbocycles. The summed E-state index contributed by atoms with van der Waals surface area (Å²) in [5, 5.41) is 3.18. The molecular formula is C16H23F3N2. The fourth-order valence-corrected chi connectivity index (χ4v) is 2.87. The Morgan fingerprint density at radius 2 is 1.81 bits per heavy atom. The van der Waals surface area contributed by atoms with E-state index in [4.69, 9.17) is 0 Å². The van der Waals surface area contributed by atoms with Crippen LogP contribution in [0, 0.1) is 6.92 Å². The third-order valence-corrected chi connectivity index (χ3v) is 4.13. The van der Waals surface area contributed by atoms with Crippen molar-refractivity contribution in [2.24, 2.45) is 0 Å². The van der Waals surface area contributed by atoms with Crippen molar-refractivity contribution in [3.8, 4) is 0 Å². The van der Waals surface area contributed by atoms with Gasteiger partial charge in [0.05, 0.1) is 6.54 Å². The summed E-state index contributed by atoms with van der Waals surface area (Å²) in [6.07, 6.45) is -2.42. The maximum absolute atomic E-state index is 12.8. The van der Waals surface area contributed by atoms with E-state index in [2.05, 4.69) is 5.32 Å². The van der Waals surface area contributed by atoms with Crippen molar-refractivity contribution >= 4 is 0 Å². The molecule has 5 heteroatoms. The lowest BCUT2D eigenvalue weighted by Crippen LogP contribution is -2.47. The molecule has 2 unspecified atom stereocenters. The van der Waals surface area contributed by atoms with Gasteiger partial charge in [0.25, 0.3) is 0 Å². The van der Waals surface area contributed by atoms with Crippen LogP contribution in [0.2, 0.25) is 0 Å². The minimum atomic E-state index is -4.15. The Labute approximate surface area is 124 Å². The number of benzene rings is 1. The van der Waals surface area contributed by atoms with E-state index in [0.717, 1.165) is 24.0 Å². The Morgan fingerprint density at radius 1 is 1.24 bits per heavy atom. The molecule has 0 heterocycles. The lowest BCUT2D eigenvalue weighted by molar-refractivity contribution is -0.153. The maximum atomic E-state index is 12.8. The van der Waals surface area contributed by atoms with Gasteiger partial charge in [-0.3, -0.25) is 4.90 Å². The predicted molar refractivity (Wildman–Crippen MR) is 78.2 cm³/mol. The van der Waals surface area contributed by atoms with Gasteiger partial charge in [0, 0.05) is 18.1 Å². The average Bonchev–Trinajstić information content (AvgIpc) is 3.22. The summed E-state index contributed by atoms with van der Waals surface area (Å²) in [4.78, 5) is 1.60. The largest absolute Gasteiger partial charge is 0.401 e. The standard InChI is InChI=1S/C16H23F3N2/c1-11-4-6-13(7-5-11)15(20-3)12(2)21(14-8-9-14)10-16(17,18)19/h4-7,12,14-15,20H,8-10H2,1-3H3. The molecule has 1 saturated carbocycles. The number of halogens is 3. The van der Waals surface area contributed by atoms with E-state index >= 15 is 0 Å². The number of rotatable bonds is 6. The molecule has 0 bridgehead atoms. The Hall–Kier alpha value is -1.07. The van der Waals surface area contributed by atoms with Gasteiger partial charge in [0.1, 0.15) is 0 Å². The molecule has 1 N–H and O–H groups in total. The molecule has 0 aromatic heterocycles. The van der Waals surface area contributed by atoms with Gasteiger partial charge in [-0.2, -0.15) is 13.2 Å². The van der Waals surface area contributed by atoms with E-state index in [0.29, 0.717) is 0 Å². The summed E-state index contributed by atoms with van der Waals surface area (Å²) in [6.45, 7) is 3.05. The normalized spacial score (nSPS) is 18.8. The molecule has 1 aromatic rings. The SMILES string of the molecule is CNC(c1ccc(C)cc1)C(C)N(CC(F)(F)F)C1CC1.